The first-order chi connectivity index (χ1) is 9.62. The smallest absolute Gasteiger partial charge is 0.173 e. The van der Waals surface area contributed by atoms with E-state index in [1.54, 1.807) is 12.1 Å². The molecule has 0 unspecified atom stereocenters. The van der Waals surface area contributed by atoms with Crippen molar-refractivity contribution in [1.29, 1.82) is 0 Å². The molecule has 1 aromatic rings. The molecule has 20 heavy (non-hydrogen) atoms. The van der Waals surface area contributed by atoms with Gasteiger partial charge in [-0.05, 0) is 30.7 Å². The van der Waals surface area contributed by atoms with E-state index >= 15 is 0 Å². The van der Waals surface area contributed by atoms with Crippen LogP contribution in [0.4, 0.5) is 4.39 Å². The van der Waals surface area contributed by atoms with Gasteiger partial charge in [-0.2, -0.15) is 0 Å². The molecule has 4 N–H and O–H groups in total. The zero-order valence-corrected chi connectivity index (χ0v) is 11.8. The van der Waals surface area contributed by atoms with Crippen LogP contribution in [-0.4, -0.2) is 17.6 Å². The number of benzene rings is 1. The molecular formula is C15H22FN3O. The molecular weight excluding hydrogens is 257 g/mol. The Hall–Kier alpha value is -1.62. The van der Waals surface area contributed by atoms with Gasteiger partial charge in [0, 0.05) is 18.7 Å². The fourth-order valence-electron chi connectivity index (χ4n) is 2.76. The Morgan fingerprint density at radius 1 is 1.50 bits per heavy atom. The first-order valence-electron chi connectivity index (χ1n) is 7.08. The van der Waals surface area contributed by atoms with Crippen molar-refractivity contribution in [3.63, 3.8) is 0 Å². The summed E-state index contributed by atoms with van der Waals surface area (Å²) in [7, 11) is 0. The molecule has 0 saturated heterocycles. The molecule has 0 atom stereocenters. The van der Waals surface area contributed by atoms with Crippen LogP contribution in [0, 0.1) is 11.2 Å². The van der Waals surface area contributed by atoms with Crippen LogP contribution in [0.3, 0.4) is 0 Å². The van der Waals surface area contributed by atoms with Crippen molar-refractivity contribution in [2.24, 2.45) is 16.3 Å². The number of nitrogens with zero attached hydrogens (tertiary/aromatic N) is 1. The van der Waals surface area contributed by atoms with Gasteiger partial charge in [0.05, 0.1) is 5.56 Å². The Kier molecular flexibility index (Phi) is 4.60. The number of rotatable bonds is 6. The van der Waals surface area contributed by atoms with E-state index in [0.29, 0.717) is 17.5 Å². The summed E-state index contributed by atoms with van der Waals surface area (Å²) in [6.45, 7) is 3.58. The molecule has 0 aromatic heterocycles. The minimum Gasteiger partial charge on any atom is -0.409 e. The lowest BCUT2D eigenvalue weighted by atomic mass is 9.67. The van der Waals surface area contributed by atoms with E-state index in [0.717, 1.165) is 13.0 Å². The average Bonchev–Trinajstić information content (AvgIpc) is 2.42. The van der Waals surface area contributed by atoms with Gasteiger partial charge in [-0.1, -0.05) is 30.6 Å². The van der Waals surface area contributed by atoms with Crippen molar-refractivity contribution in [1.82, 2.24) is 5.32 Å². The SMILES string of the molecule is CCC1(CNCc2cccc(/C(N)=N/O)c2F)CCC1. The van der Waals surface area contributed by atoms with E-state index < -0.39 is 5.82 Å². The third-order valence-electron chi connectivity index (χ3n) is 4.44. The highest BCUT2D eigenvalue weighted by molar-refractivity contribution is 5.97. The van der Waals surface area contributed by atoms with Crippen LogP contribution in [0.1, 0.15) is 43.7 Å². The van der Waals surface area contributed by atoms with Crippen molar-refractivity contribution in [2.45, 2.75) is 39.2 Å². The summed E-state index contributed by atoms with van der Waals surface area (Å²) in [6, 6.07) is 4.94. The van der Waals surface area contributed by atoms with E-state index in [1.165, 1.54) is 25.3 Å². The lowest BCUT2D eigenvalue weighted by Crippen LogP contribution is -2.39. The largest absolute Gasteiger partial charge is 0.409 e. The number of nitrogens with one attached hydrogen (secondary N) is 1. The molecule has 1 fully saturated rings. The van der Waals surface area contributed by atoms with E-state index in [9.17, 15) is 4.39 Å². The fraction of sp³-hybridized carbons (Fsp3) is 0.533. The monoisotopic (exact) mass is 279 g/mol. The van der Waals surface area contributed by atoms with Gasteiger partial charge in [-0.3, -0.25) is 0 Å². The number of oxime groups is 1. The summed E-state index contributed by atoms with van der Waals surface area (Å²) in [6.07, 6.45) is 4.96. The maximum atomic E-state index is 14.2. The Morgan fingerprint density at radius 2 is 2.25 bits per heavy atom. The molecule has 1 saturated carbocycles. The molecule has 0 aliphatic heterocycles. The molecule has 2 rings (SSSR count). The fourth-order valence-corrected chi connectivity index (χ4v) is 2.76. The molecule has 1 aliphatic carbocycles. The van der Waals surface area contributed by atoms with Crippen molar-refractivity contribution in [3.8, 4) is 0 Å². The van der Waals surface area contributed by atoms with Crippen LogP contribution < -0.4 is 11.1 Å². The predicted molar refractivity (Wildman–Crippen MR) is 77.2 cm³/mol. The van der Waals surface area contributed by atoms with Crippen molar-refractivity contribution >= 4 is 5.84 Å². The van der Waals surface area contributed by atoms with Gasteiger partial charge in [0.2, 0.25) is 0 Å². The standard InChI is InChI=1S/C15H22FN3O/c1-2-15(7-4-8-15)10-18-9-11-5-3-6-12(13(11)16)14(17)19-20/h3,5-6,18,20H,2,4,7-10H2,1H3,(H2,17,19). The summed E-state index contributed by atoms with van der Waals surface area (Å²) in [4.78, 5) is 0. The number of amidine groups is 1. The third-order valence-corrected chi connectivity index (χ3v) is 4.44. The van der Waals surface area contributed by atoms with Gasteiger partial charge >= 0.3 is 0 Å². The molecule has 1 aromatic carbocycles. The van der Waals surface area contributed by atoms with Crippen molar-refractivity contribution in [2.75, 3.05) is 6.54 Å². The van der Waals surface area contributed by atoms with Gasteiger partial charge in [0.1, 0.15) is 5.82 Å². The Morgan fingerprint density at radius 3 is 2.80 bits per heavy atom. The van der Waals surface area contributed by atoms with Gasteiger partial charge in [-0.15, -0.1) is 0 Å². The molecule has 0 bridgehead atoms. The van der Waals surface area contributed by atoms with Gasteiger partial charge in [-0.25, -0.2) is 4.39 Å². The molecule has 0 heterocycles. The first kappa shape index (κ1) is 14.8. The molecule has 110 valence electrons. The average molecular weight is 279 g/mol. The topological polar surface area (TPSA) is 70.6 Å². The third kappa shape index (κ3) is 2.93. The van der Waals surface area contributed by atoms with E-state index in [2.05, 4.69) is 17.4 Å². The quantitative estimate of drug-likeness (QED) is 0.324. The number of hydrogen-bond donors (Lipinski definition) is 3. The Bertz CT molecular complexity index is 492. The highest BCUT2D eigenvalue weighted by Gasteiger charge is 2.34. The highest BCUT2D eigenvalue weighted by atomic mass is 19.1. The van der Waals surface area contributed by atoms with Crippen LogP contribution in [0.2, 0.25) is 0 Å². The minimum absolute atomic E-state index is 0.139. The highest BCUT2D eigenvalue weighted by Crippen LogP contribution is 2.43. The second-order valence-electron chi connectivity index (χ2n) is 5.57. The van der Waals surface area contributed by atoms with Crippen LogP contribution >= 0.6 is 0 Å². The summed E-state index contributed by atoms with van der Waals surface area (Å²) >= 11 is 0. The van der Waals surface area contributed by atoms with Gasteiger partial charge in [0.25, 0.3) is 0 Å². The Balaban J connectivity index is 1.99. The molecule has 5 heteroatoms. The maximum Gasteiger partial charge on any atom is 0.173 e. The molecule has 0 amide bonds. The minimum atomic E-state index is -0.422. The lowest BCUT2D eigenvalue weighted by Gasteiger charge is -2.41. The van der Waals surface area contributed by atoms with Crippen LogP contribution in [0.15, 0.2) is 23.4 Å². The molecule has 0 radical (unpaired) electrons. The lowest BCUT2D eigenvalue weighted by molar-refractivity contribution is 0.123. The zero-order chi connectivity index (χ0) is 14.6. The van der Waals surface area contributed by atoms with Crippen LogP contribution in [-0.2, 0) is 6.54 Å². The maximum absolute atomic E-state index is 14.2. The van der Waals surface area contributed by atoms with E-state index in [4.69, 9.17) is 10.9 Å². The number of hydrogen-bond acceptors (Lipinski definition) is 3. The summed E-state index contributed by atoms with van der Waals surface area (Å²) in [5.41, 5.74) is 6.54. The first-order valence-corrected chi connectivity index (χ1v) is 7.08. The second kappa shape index (κ2) is 6.22. The normalized spacial score (nSPS) is 17.8. The van der Waals surface area contributed by atoms with Crippen LogP contribution in [0.25, 0.3) is 0 Å². The van der Waals surface area contributed by atoms with Gasteiger partial charge < -0.3 is 16.3 Å². The Labute approximate surface area is 118 Å². The second-order valence-corrected chi connectivity index (χ2v) is 5.57. The molecule has 0 spiro atoms. The van der Waals surface area contributed by atoms with E-state index in [1.807, 2.05) is 0 Å². The zero-order valence-electron chi connectivity index (χ0n) is 11.8. The number of halogens is 1. The molecule has 4 nitrogen and oxygen atoms in total. The van der Waals surface area contributed by atoms with Crippen molar-refractivity contribution in [3.05, 3.63) is 35.1 Å². The molecule has 1 aliphatic rings. The number of nitrogens with two attached hydrogens (primary N) is 1. The predicted octanol–water partition coefficient (Wildman–Crippen LogP) is 2.59. The summed E-state index contributed by atoms with van der Waals surface area (Å²) in [5.74, 6) is -0.622. The van der Waals surface area contributed by atoms with Crippen molar-refractivity contribution < 1.29 is 9.60 Å². The van der Waals surface area contributed by atoms with Gasteiger partial charge in [0.15, 0.2) is 5.84 Å². The van der Waals surface area contributed by atoms with Crippen LogP contribution in [0.5, 0.6) is 0 Å². The van der Waals surface area contributed by atoms with E-state index in [-0.39, 0.29) is 11.4 Å². The summed E-state index contributed by atoms with van der Waals surface area (Å²) < 4.78 is 14.2. The summed E-state index contributed by atoms with van der Waals surface area (Å²) in [5, 5.41) is 14.8.